The molecular formula is C21H27ClN2O3. The Bertz CT molecular complexity index is 790. The van der Waals surface area contributed by atoms with Crippen molar-refractivity contribution < 1.29 is 13.9 Å². The third kappa shape index (κ3) is 3.94. The lowest BCUT2D eigenvalue weighted by Gasteiger charge is -2.41. The van der Waals surface area contributed by atoms with Crippen LogP contribution in [0.3, 0.4) is 0 Å². The van der Waals surface area contributed by atoms with Gasteiger partial charge in [-0.05, 0) is 69.8 Å². The number of rotatable bonds is 3. The molecule has 2 aromatic rings. The van der Waals surface area contributed by atoms with Crippen molar-refractivity contribution in [1.29, 1.82) is 0 Å². The number of hydrogen-bond acceptors (Lipinski definition) is 4. The summed E-state index contributed by atoms with van der Waals surface area (Å²) in [6.07, 6.45) is 6.10. The van der Waals surface area contributed by atoms with Crippen LogP contribution >= 0.6 is 11.6 Å². The summed E-state index contributed by atoms with van der Waals surface area (Å²) in [4.78, 5) is 16.3. The third-order valence-corrected chi connectivity index (χ3v) is 6.28. The number of fused-ring (bicyclic) bond motifs is 1. The molecule has 3 heterocycles. The Kier molecular flexibility index (Phi) is 5.60. The van der Waals surface area contributed by atoms with Crippen LogP contribution in [0.1, 0.15) is 44.1 Å². The zero-order valence-corrected chi connectivity index (χ0v) is 16.6. The maximum Gasteiger partial charge on any atom is 0.409 e. The van der Waals surface area contributed by atoms with Crippen molar-refractivity contribution in [1.82, 2.24) is 9.80 Å². The first kappa shape index (κ1) is 18.6. The average Bonchev–Trinajstić information content (AvgIpc) is 3.11. The lowest BCUT2D eigenvalue weighted by molar-refractivity contribution is 0.0663. The van der Waals surface area contributed by atoms with Gasteiger partial charge in [0.15, 0.2) is 0 Å². The Morgan fingerprint density at radius 2 is 1.93 bits per heavy atom. The van der Waals surface area contributed by atoms with Crippen LogP contribution in [0.2, 0.25) is 5.02 Å². The second-order valence-corrected chi connectivity index (χ2v) is 8.00. The van der Waals surface area contributed by atoms with Crippen molar-refractivity contribution in [2.24, 2.45) is 0 Å². The molecule has 0 saturated carbocycles. The minimum absolute atomic E-state index is 0.167. The van der Waals surface area contributed by atoms with Crippen LogP contribution < -0.4 is 0 Å². The van der Waals surface area contributed by atoms with Crippen molar-refractivity contribution in [3.63, 3.8) is 0 Å². The summed E-state index contributed by atoms with van der Waals surface area (Å²) in [5, 5.41) is 1.92. The summed E-state index contributed by atoms with van der Waals surface area (Å²) in [6, 6.07) is 6.43. The third-order valence-electron chi connectivity index (χ3n) is 6.04. The number of furan rings is 1. The van der Waals surface area contributed by atoms with Crippen LogP contribution in [-0.2, 0) is 4.74 Å². The number of likely N-dealkylation sites (tertiary alicyclic amines) is 2. The van der Waals surface area contributed by atoms with Gasteiger partial charge in [-0.2, -0.15) is 0 Å². The number of hydrogen-bond donors (Lipinski definition) is 0. The largest absolute Gasteiger partial charge is 0.464 e. The SMILES string of the molecule is CCOC(=O)N1CCC(N2CCC(c3coc4ccc(Cl)cc34)CC2)CC1. The van der Waals surface area contributed by atoms with E-state index < -0.39 is 0 Å². The van der Waals surface area contributed by atoms with Crippen LogP contribution in [-0.4, -0.2) is 54.7 Å². The highest BCUT2D eigenvalue weighted by Gasteiger charge is 2.31. The molecule has 1 aromatic carbocycles. The van der Waals surface area contributed by atoms with E-state index in [1.807, 2.05) is 36.3 Å². The zero-order chi connectivity index (χ0) is 18.8. The molecule has 1 aromatic heterocycles. The molecule has 0 spiro atoms. The number of halogens is 1. The fourth-order valence-electron chi connectivity index (χ4n) is 4.54. The summed E-state index contributed by atoms with van der Waals surface area (Å²) in [5.41, 5.74) is 2.22. The van der Waals surface area contributed by atoms with E-state index in [1.165, 1.54) is 5.56 Å². The summed E-state index contributed by atoms with van der Waals surface area (Å²) < 4.78 is 10.8. The van der Waals surface area contributed by atoms with Gasteiger partial charge >= 0.3 is 6.09 Å². The first-order valence-electron chi connectivity index (χ1n) is 9.98. The molecule has 0 N–H and O–H groups in total. The number of ether oxygens (including phenoxy) is 1. The van der Waals surface area contributed by atoms with Crippen molar-refractivity contribution in [2.45, 2.75) is 44.6 Å². The van der Waals surface area contributed by atoms with Gasteiger partial charge in [-0.3, -0.25) is 0 Å². The maximum atomic E-state index is 11.9. The lowest BCUT2D eigenvalue weighted by atomic mass is 9.88. The molecule has 6 heteroatoms. The molecule has 2 saturated heterocycles. The topological polar surface area (TPSA) is 45.9 Å². The summed E-state index contributed by atoms with van der Waals surface area (Å²) in [6.45, 7) is 6.10. The second kappa shape index (κ2) is 8.11. The monoisotopic (exact) mass is 390 g/mol. The molecule has 27 heavy (non-hydrogen) atoms. The normalized spacial score (nSPS) is 20.3. The average molecular weight is 391 g/mol. The quantitative estimate of drug-likeness (QED) is 0.748. The molecule has 146 valence electrons. The van der Waals surface area contributed by atoms with Crippen molar-refractivity contribution in [2.75, 3.05) is 32.8 Å². The van der Waals surface area contributed by atoms with Crippen LogP contribution in [0.4, 0.5) is 4.79 Å². The second-order valence-electron chi connectivity index (χ2n) is 7.56. The number of amides is 1. The molecule has 0 radical (unpaired) electrons. The van der Waals surface area contributed by atoms with Crippen LogP contribution in [0.5, 0.6) is 0 Å². The standard InChI is InChI=1S/C21H27ClN2O3/c1-2-26-21(25)24-11-7-17(8-12-24)23-9-5-15(6-10-23)19-14-27-20-4-3-16(22)13-18(19)20/h3-4,13-15,17H,2,5-12H2,1H3. The molecule has 0 unspecified atom stereocenters. The van der Waals surface area contributed by atoms with Crippen molar-refractivity contribution >= 4 is 28.7 Å². The summed E-state index contributed by atoms with van der Waals surface area (Å²) in [5.74, 6) is 0.528. The smallest absolute Gasteiger partial charge is 0.409 e. The first-order valence-corrected chi connectivity index (χ1v) is 10.4. The predicted octanol–water partition coefficient (Wildman–Crippen LogP) is 4.89. The maximum absolute atomic E-state index is 11.9. The van der Waals surface area contributed by atoms with E-state index in [1.54, 1.807) is 0 Å². The van der Waals surface area contributed by atoms with Gasteiger partial charge in [0.2, 0.25) is 0 Å². The van der Waals surface area contributed by atoms with Gasteiger partial charge in [-0.15, -0.1) is 0 Å². The van der Waals surface area contributed by atoms with E-state index in [4.69, 9.17) is 20.8 Å². The van der Waals surface area contributed by atoms with Gasteiger partial charge in [0.25, 0.3) is 0 Å². The first-order chi connectivity index (χ1) is 13.2. The highest BCUT2D eigenvalue weighted by Crippen LogP contribution is 2.36. The van der Waals surface area contributed by atoms with E-state index in [9.17, 15) is 4.79 Å². The molecule has 4 rings (SSSR count). The molecule has 2 fully saturated rings. The number of benzene rings is 1. The Balaban J connectivity index is 1.33. The molecule has 5 nitrogen and oxygen atoms in total. The molecular weight excluding hydrogens is 364 g/mol. The van der Waals surface area contributed by atoms with Crippen molar-refractivity contribution in [3.05, 3.63) is 35.0 Å². The van der Waals surface area contributed by atoms with Gasteiger partial charge < -0.3 is 19.0 Å². The highest BCUT2D eigenvalue weighted by molar-refractivity contribution is 6.31. The fraction of sp³-hybridized carbons (Fsp3) is 0.571. The van der Waals surface area contributed by atoms with Crippen LogP contribution in [0, 0.1) is 0 Å². The number of piperidine rings is 2. The van der Waals surface area contributed by atoms with Gasteiger partial charge in [-0.1, -0.05) is 11.6 Å². The molecule has 0 bridgehead atoms. The van der Waals surface area contributed by atoms with Crippen LogP contribution in [0.15, 0.2) is 28.9 Å². The van der Waals surface area contributed by atoms with Crippen molar-refractivity contribution in [3.8, 4) is 0 Å². The molecule has 2 aliphatic heterocycles. The zero-order valence-electron chi connectivity index (χ0n) is 15.8. The van der Waals surface area contributed by atoms with E-state index >= 15 is 0 Å². The summed E-state index contributed by atoms with van der Waals surface area (Å²) in [7, 11) is 0. The molecule has 2 aliphatic rings. The van der Waals surface area contributed by atoms with E-state index in [0.717, 1.165) is 67.9 Å². The molecule has 1 amide bonds. The Morgan fingerprint density at radius 3 is 2.63 bits per heavy atom. The van der Waals surface area contributed by atoms with Crippen LogP contribution in [0.25, 0.3) is 11.0 Å². The van der Waals surface area contributed by atoms with Gasteiger partial charge in [0, 0.05) is 35.1 Å². The fourth-order valence-corrected chi connectivity index (χ4v) is 4.71. The lowest BCUT2D eigenvalue weighted by Crippen LogP contribution is -2.48. The Hall–Kier alpha value is -1.72. The van der Waals surface area contributed by atoms with Gasteiger partial charge in [-0.25, -0.2) is 4.79 Å². The minimum Gasteiger partial charge on any atom is -0.464 e. The van der Waals surface area contributed by atoms with Gasteiger partial charge in [0.05, 0.1) is 12.9 Å². The van der Waals surface area contributed by atoms with E-state index in [-0.39, 0.29) is 6.09 Å². The minimum atomic E-state index is -0.167. The predicted molar refractivity (Wildman–Crippen MR) is 106 cm³/mol. The van der Waals surface area contributed by atoms with Gasteiger partial charge in [0.1, 0.15) is 5.58 Å². The van der Waals surface area contributed by atoms with E-state index in [0.29, 0.717) is 18.6 Å². The Labute approximate surface area is 165 Å². The molecule has 0 atom stereocenters. The number of nitrogens with zero attached hydrogens (tertiary/aromatic N) is 2. The highest BCUT2D eigenvalue weighted by atomic mass is 35.5. The summed E-state index contributed by atoms with van der Waals surface area (Å²) >= 11 is 6.18. The number of carbonyl (C=O) groups excluding carboxylic acids is 1. The Morgan fingerprint density at radius 1 is 1.19 bits per heavy atom. The number of carbonyl (C=O) groups is 1. The van der Waals surface area contributed by atoms with E-state index in [2.05, 4.69) is 4.90 Å². The molecule has 0 aliphatic carbocycles.